The molecule has 0 aliphatic carbocycles. The van der Waals surface area contributed by atoms with Crippen molar-refractivity contribution in [3.05, 3.63) is 64.3 Å². The molecular formula is C14H11F3N4O3. The topological polar surface area (TPSA) is 93.1 Å². The van der Waals surface area contributed by atoms with Crippen molar-refractivity contribution in [3.63, 3.8) is 0 Å². The van der Waals surface area contributed by atoms with Gasteiger partial charge in [0.2, 0.25) is 0 Å². The van der Waals surface area contributed by atoms with Crippen molar-refractivity contribution in [1.29, 1.82) is 0 Å². The Bertz CT molecular complexity index is 803. The van der Waals surface area contributed by atoms with Gasteiger partial charge in [-0.05, 0) is 24.3 Å². The Balaban J connectivity index is 2.01. The first-order valence-corrected chi connectivity index (χ1v) is 6.55. The van der Waals surface area contributed by atoms with E-state index in [2.05, 4.69) is 10.4 Å². The van der Waals surface area contributed by atoms with Crippen LogP contribution in [0.1, 0.15) is 15.9 Å². The molecule has 0 saturated carbocycles. The summed E-state index contributed by atoms with van der Waals surface area (Å²) in [7, 11) is 0. The second-order valence-electron chi connectivity index (χ2n) is 4.60. The first kappa shape index (κ1) is 17.2. The molecule has 0 saturated heterocycles. The molecule has 2 rings (SSSR count). The van der Waals surface area contributed by atoms with Crippen LogP contribution in [0.2, 0.25) is 0 Å². The van der Waals surface area contributed by atoms with Crippen LogP contribution in [0.5, 0.6) is 0 Å². The predicted molar refractivity (Wildman–Crippen MR) is 75.5 cm³/mol. The van der Waals surface area contributed by atoms with Crippen LogP contribution >= 0.6 is 0 Å². The Morgan fingerprint density at radius 1 is 1.17 bits per heavy atom. The first-order valence-electron chi connectivity index (χ1n) is 6.55. The van der Waals surface area contributed by atoms with E-state index >= 15 is 0 Å². The molecule has 0 aliphatic heterocycles. The molecule has 2 aromatic heterocycles. The van der Waals surface area contributed by atoms with E-state index in [1.54, 1.807) is 0 Å². The number of nitrogens with zero attached hydrogens (tertiary/aromatic N) is 2. The quantitative estimate of drug-likeness (QED) is 0.806. The Hall–Kier alpha value is -3.17. The highest BCUT2D eigenvalue weighted by molar-refractivity contribution is 5.94. The number of hydrazine groups is 1. The number of hydrogen-bond acceptors (Lipinski definition) is 4. The number of nitrogens with one attached hydrogen (secondary N) is 2. The number of rotatable bonds is 3. The van der Waals surface area contributed by atoms with E-state index in [-0.39, 0.29) is 5.56 Å². The molecule has 2 aromatic rings. The summed E-state index contributed by atoms with van der Waals surface area (Å²) < 4.78 is 38.5. The van der Waals surface area contributed by atoms with Crippen molar-refractivity contribution >= 4 is 11.8 Å². The van der Waals surface area contributed by atoms with Crippen molar-refractivity contribution in [2.45, 2.75) is 12.7 Å². The van der Waals surface area contributed by atoms with E-state index in [1.165, 1.54) is 24.5 Å². The van der Waals surface area contributed by atoms with Gasteiger partial charge < -0.3 is 4.57 Å². The second-order valence-corrected chi connectivity index (χ2v) is 4.60. The molecule has 0 aromatic carbocycles. The van der Waals surface area contributed by atoms with Gasteiger partial charge in [-0.1, -0.05) is 0 Å². The van der Waals surface area contributed by atoms with E-state index in [9.17, 15) is 27.6 Å². The van der Waals surface area contributed by atoms with Gasteiger partial charge in [0, 0.05) is 18.6 Å². The van der Waals surface area contributed by atoms with Gasteiger partial charge in [-0.15, -0.1) is 0 Å². The lowest BCUT2D eigenvalue weighted by molar-refractivity contribution is -0.139. The van der Waals surface area contributed by atoms with Crippen LogP contribution in [0.25, 0.3) is 0 Å². The number of alkyl halides is 3. The third kappa shape index (κ3) is 4.18. The average molecular weight is 340 g/mol. The van der Waals surface area contributed by atoms with Crippen molar-refractivity contribution in [1.82, 2.24) is 20.4 Å². The maximum absolute atomic E-state index is 12.6. The van der Waals surface area contributed by atoms with Crippen LogP contribution in [0, 0.1) is 0 Å². The lowest BCUT2D eigenvalue weighted by atomic mass is 10.2. The Morgan fingerprint density at radius 3 is 2.54 bits per heavy atom. The molecule has 0 unspecified atom stereocenters. The first-order chi connectivity index (χ1) is 11.3. The predicted octanol–water partition coefficient (Wildman–Crippen LogP) is 0.723. The van der Waals surface area contributed by atoms with E-state index in [4.69, 9.17) is 0 Å². The Morgan fingerprint density at radius 2 is 1.92 bits per heavy atom. The molecule has 2 N–H and O–H groups in total. The van der Waals surface area contributed by atoms with E-state index in [1.807, 2.05) is 5.43 Å². The lowest BCUT2D eigenvalue weighted by Gasteiger charge is -2.11. The van der Waals surface area contributed by atoms with E-state index in [0.29, 0.717) is 10.6 Å². The van der Waals surface area contributed by atoms with Crippen LogP contribution in [0.3, 0.4) is 0 Å². The number of pyridine rings is 2. The van der Waals surface area contributed by atoms with Gasteiger partial charge in [-0.3, -0.25) is 30.2 Å². The number of carbonyl (C=O) groups is 2. The minimum atomic E-state index is -4.81. The van der Waals surface area contributed by atoms with Crippen LogP contribution in [0.15, 0.2) is 47.7 Å². The molecule has 0 bridgehead atoms. The molecule has 0 aliphatic rings. The Kier molecular flexibility index (Phi) is 4.97. The number of halogens is 3. The maximum atomic E-state index is 12.6. The van der Waals surface area contributed by atoms with Crippen molar-refractivity contribution in [3.8, 4) is 0 Å². The number of amides is 2. The zero-order valence-corrected chi connectivity index (χ0v) is 12.0. The zero-order valence-electron chi connectivity index (χ0n) is 12.0. The van der Waals surface area contributed by atoms with Gasteiger partial charge >= 0.3 is 6.18 Å². The SMILES string of the molecule is O=C(Cn1cccc(C(F)(F)F)c1=O)NNC(=O)c1cccnc1. The van der Waals surface area contributed by atoms with Crippen LogP contribution in [-0.4, -0.2) is 21.4 Å². The molecular weight excluding hydrogens is 329 g/mol. The molecule has 24 heavy (non-hydrogen) atoms. The summed E-state index contributed by atoms with van der Waals surface area (Å²) in [5.41, 5.74) is 1.52. The fraction of sp³-hybridized carbons (Fsp3) is 0.143. The summed E-state index contributed by atoms with van der Waals surface area (Å²) in [6, 6.07) is 4.59. The summed E-state index contributed by atoms with van der Waals surface area (Å²) in [6.07, 6.45) is -1.06. The molecule has 0 radical (unpaired) electrons. The highest BCUT2D eigenvalue weighted by Crippen LogP contribution is 2.25. The summed E-state index contributed by atoms with van der Waals surface area (Å²) >= 11 is 0. The maximum Gasteiger partial charge on any atom is 0.421 e. The fourth-order valence-electron chi connectivity index (χ4n) is 1.77. The molecule has 2 amide bonds. The monoisotopic (exact) mass is 340 g/mol. The number of carbonyl (C=O) groups excluding carboxylic acids is 2. The number of aromatic nitrogens is 2. The molecule has 0 fully saturated rings. The fourth-order valence-corrected chi connectivity index (χ4v) is 1.77. The summed E-state index contributed by atoms with van der Waals surface area (Å²) in [5, 5.41) is 0. The van der Waals surface area contributed by atoms with Crippen molar-refractivity contribution in [2.75, 3.05) is 0 Å². The summed E-state index contributed by atoms with van der Waals surface area (Å²) in [6.45, 7) is -0.684. The van der Waals surface area contributed by atoms with Gasteiger partial charge in [0.15, 0.2) is 0 Å². The van der Waals surface area contributed by atoms with Gasteiger partial charge in [-0.25, -0.2) is 0 Å². The van der Waals surface area contributed by atoms with Gasteiger partial charge in [0.25, 0.3) is 17.4 Å². The molecule has 126 valence electrons. The van der Waals surface area contributed by atoms with Gasteiger partial charge in [0.05, 0.1) is 5.56 Å². The third-order valence-electron chi connectivity index (χ3n) is 2.88. The average Bonchev–Trinajstić information content (AvgIpc) is 2.54. The molecule has 2 heterocycles. The summed E-state index contributed by atoms with van der Waals surface area (Å²) in [4.78, 5) is 38.7. The minimum Gasteiger partial charge on any atom is -0.306 e. The van der Waals surface area contributed by atoms with Gasteiger partial charge in [-0.2, -0.15) is 13.2 Å². The lowest BCUT2D eigenvalue weighted by Crippen LogP contribution is -2.44. The number of hydrogen-bond donors (Lipinski definition) is 2. The van der Waals surface area contributed by atoms with E-state index in [0.717, 1.165) is 12.3 Å². The molecule has 7 nitrogen and oxygen atoms in total. The third-order valence-corrected chi connectivity index (χ3v) is 2.88. The standard InChI is InChI=1S/C14H11F3N4O3/c15-14(16,17)10-4-2-6-21(13(10)24)8-11(22)19-20-12(23)9-3-1-5-18-7-9/h1-7H,8H2,(H,19,22)(H,20,23). The normalized spacial score (nSPS) is 11.0. The zero-order chi connectivity index (χ0) is 17.7. The highest BCUT2D eigenvalue weighted by Gasteiger charge is 2.34. The van der Waals surface area contributed by atoms with Gasteiger partial charge in [0.1, 0.15) is 12.1 Å². The Labute approximate surface area is 133 Å². The van der Waals surface area contributed by atoms with Crippen LogP contribution in [0.4, 0.5) is 13.2 Å². The smallest absolute Gasteiger partial charge is 0.306 e. The van der Waals surface area contributed by atoms with Crippen LogP contribution < -0.4 is 16.4 Å². The minimum absolute atomic E-state index is 0.175. The van der Waals surface area contributed by atoms with Crippen molar-refractivity contribution in [2.24, 2.45) is 0 Å². The van der Waals surface area contributed by atoms with Crippen LogP contribution in [-0.2, 0) is 17.5 Å². The highest BCUT2D eigenvalue weighted by atomic mass is 19.4. The second kappa shape index (κ2) is 6.94. The molecule has 0 atom stereocenters. The molecule has 10 heteroatoms. The van der Waals surface area contributed by atoms with Crippen molar-refractivity contribution < 1.29 is 22.8 Å². The van der Waals surface area contributed by atoms with E-state index < -0.39 is 35.7 Å². The molecule has 0 spiro atoms. The summed E-state index contributed by atoms with van der Waals surface area (Å²) in [5.74, 6) is -1.53. The largest absolute Gasteiger partial charge is 0.421 e.